The van der Waals surface area contributed by atoms with Crippen LogP contribution in [0.1, 0.15) is 27.2 Å². The molecule has 1 atom stereocenters. The van der Waals surface area contributed by atoms with E-state index in [1.165, 1.54) is 0 Å². The second-order valence-corrected chi connectivity index (χ2v) is 5.50. The zero-order chi connectivity index (χ0) is 9.49. The van der Waals surface area contributed by atoms with E-state index in [1.54, 1.807) is 13.8 Å². The molecule has 0 N–H and O–H groups in total. The van der Waals surface area contributed by atoms with E-state index < -0.39 is 4.33 Å². The minimum absolute atomic E-state index is 0.173. The zero-order valence-corrected chi connectivity index (χ0v) is 10.0. The summed E-state index contributed by atoms with van der Waals surface area (Å²) in [7, 11) is 0. The number of alkyl halides is 4. The summed E-state index contributed by atoms with van der Waals surface area (Å²) in [6.45, 7) is 5.45. The van der Waals surface area contributed by atoms with Crippen molar-refractivity contribution in [1.29, 1.82) is 0 Å². The summed E-state index contributed by atoms with van der Waals surface area (Å²) >= 11 is 21.4. The Hall–Kier alpha value is 1.16. The van der Waals surface area contributed by atoms with Crippen molar-refractivity contribution in [3.8, 4) is 0 Å². The summed E-state index contributed by atoms with van der Waals surface area (Å²) < 4.78 is -0.556. The Bertz CT molecular complexity index is 67.0. The van der Waals surface area contributed by atoms with Gasteiger partial charge in [0, 0.05) is 11.3 Å². The highest BCUT2D eigenvalue weighted by atomic mass is 35.5. The van der Waals surface area contributed by atoms with Crippen molar-refractivity contribution in [2.45, 2.75) is 36.9 Å². The van der Waals surface area contributed by atoms with Gasteiger partial charge in [0.2, 0.25) is 0 Å². The predicted octanol–water partition coefficient (Wildman–Crippen LogP) is 4.44. The molecule has 11 heavy (non-hydrogen) atoms. The maximum Gasteiger partial charge on any atom is 0.112 e. The third-order valence-electron chi connectivity index (χ3n) is 0.610. The van der Waals surface area contributed by atoms with Crippen molar-refractivity contribution < 1.29 is 0 Å². The van der Waals surface area contributed by atoms with Crippen LogP contribution in [-0.4, -0.2) is 15.6 Å². The Balaban J connectivity index is 0. The van der Waals surface area contributed by atoms with Crippen molar-refractivity contribution in [1.82, 2.24) is 0 Å². The maximum atomic E-state index is 5.52. The normalized spacial score (nSPS) is 13.4. The van der Waals surface area contributed by atoms with Crippen LogP contribution in [0, 0.1) is 0 Å². The van der Waals surface area contributed by atoms with Gasteiger partial charge in [-0.15, -0.1) is 46.4 Å². The van der Waals surface area contributed by atoms with Gasteiger partial charge in [-0.05, 0) is 20.3 Å². The van der Waals surface area contributed by atoms with Crippen LogP contribution in [0.25, 0.3) is 0 Å². The molecule has 0 aromatic heterocycles. The van der Waals surface area contributed by atoms with E-state index in [0.29, 0.717) is 5.88 Å². The van der Waals surface area contributed by atoms with Crippen LogP contribution in [0.2, 0.25) is 0 Å². The molecule has 0 spiro atoms. The van der Waals surface area contributed by atoms with Crippen molar-refractivity contribution in [3.63, 3.8) is 0 Å². The summed E-state index contributed by atoms with van der Waals surface area (Å²) in [6.07, 6.45) is 0.963. The molecule has 0 saturated carbocycles. The molecule has 0 aliphatic carbocycles. The van der Waals surface area contributed by atoms with E-state index in [1.807, 2.05) is 6.92 Å². The quantitative estimate of drug-likeness (QED) is 0.625. The number of halogens is 4. The maximum absolute atomic E-state index is 5.52. The molecular weight excluding hydrogens is 226 g/mol. The molecule has 0 heterocycles. The van der Waals surface area contributed by atoms with Gasteiger partial charge in [-0.3, -0.25) is 0 Å². The number of hydrogen-bond acceptors (Lipinski definition) is 0. The average molecular weight is 240 g/mol. The molecule has 0 rings (SSSR count). The molecule has 0 saturated heterocycles. The van der Waals surface area contributed by atoms with E-state index in [2.05, 4.69) is 0 Å². The predicted molar refractivity (Wildman–Crippen MR) is 56.4 cm³/mol. The first kappa shape index (κ1) is 14.7. The molecule has 0 bridgehead atoms. The van der Waals surface area contributed by atoms with Crippen LogP contribution < -0.4 is 0 Å². The SMILES string of the molecule is CC(C)(Cl)Cl.CCC(Cl)CCl. The lowest BCUT2D eigenvalue weighted by Gasteiger charge is -1.98. The van der Waals surface area contributed by atoms with Gasteiger partial charge in [0.1, 0.15) is 4.33 Å². The standard InChI is InChI=1S/C4H8Cl2.C3H6Cl2/c1-2-4(6)3-5;1-3(2,4)5/h4H,2-3H2,1H3;1-2H3. The molecule has 70 valence electrons. The van der Waals surface area contributed by atoms with Gasteiger partial charge < -0.3 is 0 Å². The number of rotatable bonds is 2. The lowest BCUT2D eigenvalue weighted by atomic mass is 10.4. The highest BCUT2D eigenvalue weighted by Crippen LogP contribution is 2.16. The summed E-state index contributed by atoms with van der Waals surface area (Å²) in [5, 5.41) is 0.173. The van der Waals surface area contributed by atoms with E-state index in [0.717, 1.165) is 6.42 Å². The Morgan fingerprint density at radius 3 is 1.55 bits per heavy atom. The Labute approximate surface area is 89.1 Å². The van der Waals surface area contributed by atoms with Gasteiger partial charge >= 0.3 is 0 Å². The molecule has 0 amide bonds. The molecular formula is C7H14Cl4. The first-order valence-electron chi connectivity index (χ1n) is 3.39. The molecule has 4 heteroatoms. The minimum Gasteiger partial charge on any atom is -0.125 e. The van der Waals surface area contributed by atoms with Crippen LogP contribution in [-0.2, 0) is 0 Å². The first-order chi connectivity index (χ1) is 4.81. The molecule has 0 aliphatic rings. The fourth-order valence-corrected chi connectivity index (χ4v) is 0.327. The van der Waals surface area contributed by atoms with Gasteiger partial charge in [-0.1, -0.05) is 6.92 Å². The third kappa shape index (κ3) is 35.2. The monoisotopic (exact) mass is 238 g/mol. The van der Waals surface area contributed by atoms with Crippen LogP contribution in [0.15, 0.2) is 0 Å². The summed E-state index contributed by atoms with van der Waals surface area (Å²) in [6, 6.07) is 0. The second kappa shape index (κ2) is 7.79. The van der Waals surface area contributed by atoms with Crippen LogP contribution >= 0.6 is 46.4 Å². The van der Waals surface area contributed by atoms with Crippen molar-refractivity contribution in [2.24, 2.45) is 0 Å². The van der Waals surface area contributed by atoms with Crippen LogP contribution in [0.3, 0.4) is 0 Å². The van der Waals surface area contributed by atoms with Gasteiger partial charge in [-0.2, -0.15) is 0 Å². The van der Waals surface area contributed by atoms with Crippen molar-refractivity contribution >= 4 is 46.4 Å². The summed E-state index contributed by atoms with van der Waals surface area (Å²) in [4.78, 5) is 0. The van der Waals surface area contributed by atoms with Gasteiger partial charge in [-0.25, -0.2) is 0 Å². The molecule has 0 aromatic rings. The Kier molecular flexibility index (Phi) is 10.4. The topological polar surface area (TPSA) is 0 Å². The molecule has 0 fully saturated rings. The molecule has 0 aliphatic heterocycles. The van der Waals surface area contributed by atoms with E-state index in [9.17, 15) is 0 Å². The fourth-order valence-electron chi connectivity index (χ4n) is 0.109. The highest BCUT2D eigenvalue weighted by molar-refractivity contribution is 6.47. The lowest BCUT2D eigenvalue weighted by Crippen LogP contribution is -1.94. The third-order valence-corrected chi connectivity index (χ3v) is 1.60. The minimum atomic E-state index is -0.556. The molecule has 1 unspecified atom stereocenters. The Morgan fingerprint density at radius 2 is 1.55 bits per heavy atom. The Morgan fingerprint density at radius 1 is 1.27 bits per heavy atom. The van der Waals surface area contributed by atoms with Gasteiger partial charge in [0.15, 0.2) is 0 Å². The highest BCUT2D eigenvalue weighted by Gasteiger charge is 2.03. The van der Waals surface area contributed by atoms with E-state index >= 15 is 0 Å². The van der Waals surface area contributed by atoms with Gasteiger partial charge in [0.25, 0.3) is 0 Å². The first-order valence-corrected chi connectivity index (χ1v) is 5.11. The fraction of sp³-hybridized carbons (Fsp3) is 1.00. The van der Waals surface area contributed by atoms with E-state index in [4.69, 9.17) is 46.4 Å². The smallest absolute Gasteiger partial charge is 0.112 e. The van der Waals surface area contributed by atoms with E-state index in [-0.39, 0.29) is 5.38 Å². The van der Waals surface area contributed by atoms with Crippen LogP contribution in [0.5, 0.6) is 0 Å². The molecule has 0 radical (unpaired) electrons. The summed E-state index contributed by atoms with van der Waals surface area (Å²) in [5.41, 5.74) is 0. The lowest BCUT2D eigenvalue weighted by molar-refractivity contribution is 0.902. The second-order valence-electron chi connectivity index (χ2n) is 2.49. The van der Waals surface area contributed by atoms with Crippen molar-refractivity contribution in [3.05, 3.63) is 0 Å². The van der Waals surface area contributed by atoms with Gasteiger partial charge in [0.05, 0.1) is 0 Å². The largest absolute Gasteiger partial charge is 0.125 e. The molecule has 0 aromatic carbocycles. The zero-order valence-electron chi connectivity index (χ0n) is 7.00. The number of hydrogen-bond donors (Lipinski definition) is 0. The van der Waals surface area contributed by atoms with Crippen LogP contribution in [0.4, 0.5) is 0 Å². The summed E-state index contributed by atoms with van der Waals surface area (Å²) in [5.74, 6) is 0.568. The van der Waals surface area contributed by atoms with Crippen molar-refractivity contribution in [2.75, 3.05) is 5.88 Å². The average Bonchev–Trinajstić information content (AvgIpc) is 1.83. The molecule has 0 nitrogen and oxygen atoms in total.